The topological polar surface area (TPSA) is 48.1 Å². The molecule has 0 unspecified atom stereocenters. The molecule has 6 heteroatoms. The molecular formula is C16H17Cl3N2O. The van der Waals surface area contributed by atoms with Crippen LogP contribution in [-0.2, 0) is 0 Å². The Morgan fingerprint density at radius 3 is 2.18 bits per heavy atom. The van der Waals surface area contributed by atoms with Crippen molar-refractivity contribution in [2.75, 3.05) is 12.8 Å². The number of fused-ring (bicyclic) bond motifs is 1. The summed E-state index contributed by atoms with van der Waals surface area (Å²) in [6.07, 6.45) is 0. The van der Waals surface area contributed by atoms with Crippen LogP contribution >= 0.6 is 37.2 Å². The predicted molar refractivity (Wildman–Crippen MR) is 99.9 cm³/mol. The Bertz CT molecular complexity index is 733. The Kier molecular flexibility index (Phi) is 8.02. The lowest BCUT2D eigenvalue weighted by Crippen LogP contribution is -1.92. The number of aromatic nitrogens is 1. The van der Waals surface area contributed by atoms with Gasteiger partial charge in [-0.15, -0.1) is 37.2 Å². The Morgan fingerprint density at radius 1 is 0.909 bits per heavy atom. The van der Waals surface area contributed by atoms with Crippen LogP contribution in [0.4, 0.5) is 5.69 Å². The number of benzene rings is 2. The fraction of sp³-hybridized carbons (Fsp3) is 0.0625. The molecule has 0 atom stereocenters. The molecule has 0 aliphatic heterocycles. The van der Waals surface area contributed by atoms with E-state index in [9.17, 15) is 0 Å². The SMILES string of the molecule is COc1ccc(-c2cc(N)c3ccccc3n2)cc1.Cl.Cl.Cl. The second-order valence-corrected chi connectivity index (χ2v) is 4.34. The highest BCUT2D eigenvalue weighted by atomic mass is 35.5. The van der Waals surface area contributed by atoms with E-state index < -0.39 is 0 Å². The number of rotatable bonds is 2. The second-order valence-electron chi connectivity index (χ2n) is 4.34. The Hall–Kier alpha value is -1.68. The monoisotopic (exact) mass is 358 g/mol. The molecule has 118 valence electrons. The molecule has 0 saturated heterocycles. The molecule has 2 N–H and O–H groups in total. The van der Waals surface area contributed by atoms with E-state index in [1.54, 1.807) is 7.11 Å². The molecule has 22 heavy (non-hydrogen) atoms. The van der Waals surface area contributed by atoms with Crippen LogP contribution in [0.15, 0.2) is 54.6 Å². The number of hydrogen-bond acceptors (Lipinski definition) is 3. The number of nitrogen functional groups attached to an aromatic ring is 1. The smallest absolute Gasteiger partial charge is 0.118 e. The summed E-state index contributed by atoms with van der Waals surface area (Å²) in [5, 5.41) is 0.986. The average molecular weight is 360 g/mol. The highest BCUT2D eigenvalue weighted by Gasteiger charge is 2.05. The molecular weight excluding hydrogens is 343 g/mol. The average Bonchev–Trinajstić information content (AvgIpc) is 2.47. The third-order valence-electron chi connectivity index (χ3n) is 3.13. The first kappa shape index (κ1) is 20.3. The minimum absolute atomic E-state index is 0. The molecule has 1 aromatic heterocycles. The molecule has 0 spiro atoms. The molecule has 0 amide bonds. The summed E-state index contributed by atoms with van der Waals surface area (Å²) in [5.74, 6) is 0.831. The van der Waals surface area contributed by atoms with Gasteiger partial charge in [0.15, 0.2) is 0 Å². The summed E-state index contributed by atoms with van der Waals surface area (Å²) >= 11 is 0. The van der Waals surface area contributed by atoms with Crippen molar-refractivity contribution in [1.29, 1.82) is 0 Å². The molecule has 3 aromatic rings. The maximum absolute atomic E-state index is 6.09. The number of ether oxygens (including phenoxy) is 1. The molecule has 0 saturated carbocycles. The first-order chi connectivity index (χ1) is 9.28. The van der Waals surface area contributed by atoms with E-state index in [0.717, 1.165) is 33.6 Å². The third-order valence-corrected chi connectivity index (χ3v) is 3.13. The van der Waals surface area contributed by atoms with Crippen LogP contribution in [0.3, 0.4) is 0 Å². The largest absolute Gasteiger partial charge is 0.497 e. The van der Waals surface area contributed by atoms with E-state index in [0.29, 0.717) is 0 Å². The summed E-state index contributed by atoms with van der Waals surface area (Å²) in [7, 11) is 1.65. The Labute approximate surface area is 148 Å². The number of hydrogen-bond donors (Lipinski definition) is 1. The van der Waals surface area contributed by atoms with Crippen molar-refractivity contribution in [3.8, 4) is 17.0 Å². The van der Waals surface area contributed by atoms with Gasteiger partial charge >= 0.3 is 0 Å². The molecule has 0 bridgehead atoms. The first-order valence-electron chi connectivity index (χ1n) is 6.07. The zero-order valence-electron chi connectivity index (χ0n) is 11.9. The zero-order chi connectivity index (χ0) is 13.2. The van der Waals surface area contributed by atoms with Gasteiger partial charge in [-0.25, -0.2) is 4.98 Å². The fourth-order valence-corrected chi connectivity index (χ4v) is 2.11. The minimum atomic E-state index is 0. The molecule has 0 fully saturated rings. The van der Waals surface area contributed by atoms with Crippen molar-refractivity contribution in [1.82, 2.24) is 4.98 Å². The first-order valence-corrected chi connectivity index (χ1v) is 6.07. The maximum Gasteiger partial charge on any atom is 0.118 e. The van der Waals surface area contributed by atoms with Crippen LogP contribution in [-0.4, -0.2) is 12.1 Å². The molecule has 2 aromatic carbocycles. The minimum Gasteiger partial charge on any atom is -0.497 e. The Balaban J connectivity index is 0.00000147. The van der Waals surface area contributed by atoms with Gasteiger partial charge in [0.1, 0.15) is 5.75 Å². The van der Waals surface area contributed by atoms with Crippen LogP contribution < -0.4 is 10.5 Å². The zero-order valence-corrected chi connectivity index (χ0v) is 14.3. The van der Waals surface area contributed by atoms with Gasteiger partial charge < -0.3 is 10.5 Å². The Morgan fingerprint density at radius 2 is 1.55 bits per heavy atom. The van der Waals surface area contributed by atoms with E-state index in [4.69, 9.17) is 10.5 Å². The standard InChI is InChI=1S/C16H14N2O.3ClH/c1-19-12-8-6-11(7-9-12)16-10-14(17)13-4-2-3-5-15(13)18-16;;;/h2-10H,1H3,(H2,17,18);3*1H. The summed E-state index contributed by atoms with van der Waals surface area (Å²) in [5.41, 5.74) is 9.64. The van der Waals surface area contributed by atoms with Crippen molar-refractivity contribution < 1.29 is 4.74 Å². The van der Waals surface area contributed by atoms with Crippen molar-refractivity contribution in [3.63, 3.8) is 0 Å². The van der Waals surface area contributed by atoms with Gasteiger partial charge in [0.2, 0.25) is 0 Å². The van der Waals surface area contributed by atoms with E-state index in [2.05, 4.69) is 4.98 Å². The van der Waals surface area contributed by atoms with Gasteiger partial charge in [0, 0.05) is 16.6 Å². The molecule has 3 nitrogen and oxygen atoms in total. The quantitative estimate of drug-likeness (QED) is 0.717. The number of para-hydroxylation sites is 1. The van der Waals surface area contributed by atoms with Crippen LogP contribution in [0, 0.1) is 0 Å². The lowest BCUT2D eigenvalue weighted by Gasteiger charge is -2.07. The van der Waals surface area contributed by atoms with Gasteiger partial charge in [-0.1, -0.05) is 18.2 Å². The number of methoxy groups -OCH3 is 1. The molecule has 3 rings (SSSR count). The van der Waals surface area contributed by atoms with Crippen molar-refractivity contribution in [2.45, 2.75) is 0 Å². The van der Waals surface area contributed by atoms with Crippen LogP contribution in [0.1, 0.15) is 0 Å². The highest BCUT2D eigenvalue weighted by Crippen LogP contribution is 2.27. The van der Waals surface area contributed by atoms with Crippen molar-refractivity contribution >= 4 is 53.8 Å². The van der Waals surface area contributed by atoms with Gasteiger partial charge in [-0.05, 0) is 36.4 Å². The van der Waals surface area contributed by atoms with Crippen LogP contribution in [0.2, 0.25) is 0 Å². The molecule has 0 aliphatic rings. The fourth-order valence-electron chi connectivity index (χ4n) is 2.11. The van der Waals surface area contributed by atoms with Gasteiger partial charge in [0.05, 0.1) is 18.3 Å². The van der Waals surface area contributed by atoms with Crippen molar-refractivity contribution in [2.24, 2.45) is 0 Å². The molecule has 0 aliphatic carbocycles. The van der Waals surface area contributed by atoms with Gasteiger partial charge in [0.25, 0.3) is 0 Å². The second kappa shape index (κ2) is 8.69. The van der Waals surface area contributed by atoms with E-state index in [-0.39, 0.29) is 37.2 Å². The highest BCUT2D eigenvalue weighted by molar-refractivity contribution is 5.92. The lowest BCUT2D eigenvalue weighted by atomic mass is 10.1. The summed E-state index contributed by atoms with van der Waals surface area (Å²) in [6.45, 7) is 0. The van der Waals surface area contributed by atoms with Crippen LogP contribution in [0.5, 0.6) is 5.75 Å². The van der Waals surface area contributed by atoms with E-state index in [1.165, 1.54) is 0 Å². The number of halogens is 3. The number of pyridine rings is 1. The molecule has 1 heterocycles. The number of nitrogens with two attached hydrogens (primary N) is 1. The number of anilines is 1. The normalized spacial score (nSPS) is 9.14. The van der Waals surface area contributed by atoms with Gasteiger partial charge in [-0.2, -0.15) is 0 Å². The third kappa shape index (κ3) is 3.95. The predicted octanol–water partition coefficient (Wildman–Crippen LogP) is 4.76. The summed E-state index contributed by atoms with van der Waals surface area (Å²) in [4.78, 5) is 4.64. The summed E-state index contributed by atoms with van der Waals surface area (Å²) < 4.78 is 5.15. The van der Waals surface area contributed by atoms with E-state index >= 15 is 0 Å². The molecule has 0 radical (unpaired) electrons. The van der Waals surface area contributed by atoms with Crippen molar-refractivity contribution in [3.05, 3.63) is 54.6 Å². The van der Waals surface area contributed by atoms with Gasteiger partial charge in [-0.3, -0.25) is 0 Å². The number of nitrogens with zero attached hydrogens (tertiary/aromatic N) is 1. The lowest BCUT2D eigenvalue weighted by molar-refractivity contribution is 0.415. The van der Waals surface area contributed by atoms with E-state index in [1.807, 2.05) is 54.6 Å². The summed E-state index contributed by atoms with van der Waals surface area (Å²) in [6, 6.07) is 17.6. The maximum atomic E-state index is 6.09. The van der Waals surface area contributed by atoms with Crippen LogP contribution in [0.25, 0.3) is 22.2 Å².